The number of aryl methyl sites for hydroxylation is 1. The first-order valence-corrected chi connectivity index (χ1v) is 10.4. The van der Waals surface area contributed by atoms with E-state index in [9.17, 15) is 14.4 Å². The van der Waals surface area contributed by atoms with Gasteiger partial charge in [-0.1, -0.05) is 0 Å². The molecule has 1 aliphatic rings. The number of carbonyl (C=O) groups is 1. The van der Waals surface area contributed by atoms with Gasteiger partial charge >= 0.3 is 0 Å². The van der Waals surface area contributed by atoms with Crippen molar-refractivity contribution in [1.82, 2.24) is 14.8 Å². The smallest absolute Gasteiger partial charge is 0.253 e. The van der Waals surface area contributed by atoms with Gasteiger partial charge in [0.2, 0.25) is 0 Å². The van der Waals surface area contributed by atoms with Crippen molar-refractivity contribution in [3.05, 3.63) is 45.4 Å². The number of hydrogen-bond acceptors (Lipinski definition) is 6. The molecule has 1 amide bonds. The van der Waals surface area contributed by atoms with Crippen LogP contribution in [0.25, 0.3) is 0 Å². The van der Waals surface area contributed by atoms with E-state index in [4.69, 9.17) is 0 Å². The van der Waals surface area contributed by atoms with Gasteiger partial charge in [0.25, 0.3) is 5.91 Å². The van der Waals surface area contributed by atoms with Crippen molar-refractivity contribution in [2.24, 2.45) is 0 Å². The summed E-state index contributed by atoms with van der Waals surface area (Å²) >= 11 is 1.58. The molecule has 8 heteroatoms. The predicted molar refractivity (Wildman–Crippen MR) is 113 cm³/mol. The number of alkyl halides is 1. The number of nitriles is 1. The van der Waals surface area contributed by atoms with Crippen LogP contribution in [-0.4, -0.2) is 67.1 Å². The summed E-state index contributed by atoms with van der Waals surface area (Å²) in [7, 11) is 5.47. The van der Waals surface area contributed by atoms with Crippen molar-refractivity contribution in [3.63, 3.8) is 0 Å². The SMILES string of the molecule is Cc1ncsc1CN1C[C@@H](F)C[C@H]1CN(C)C(=O)c1cc(C#N)cc(N(C)C)c1. The molecule has 29 heavy (non-hydrogen) atoms. The summed E-state index contributed by atoms with van der Waals surface area (Å²) in [6, 6.07) is 7.21. The molecule has 2 aromatic rings. The minimum atomic E-state index is -0.890. The van der Waals surface area contributed by atoms with Crippen molar-refractivity contribution in [2.75, 3.05) is 39.1 Å². The number of rotatable bonds is 6. The van der Waals surface area contributed by atoms with Crippen LogP contribution < -0.4 is 4.90 Å². The molecule has 1 aromatic carbocycles. The summed E-state index contributed by atoms with van der Waals surface area (Å²) in [5, 5.41) is 9.28. The Labute approximate surface area is 175 Å². The zero-order valence-electron chi connectivity index (χ0n) is 17.2. The molecule has 0 bridgehead atoms. The van der Waals surface area contributed by atoms with Crippen molar-refractivity contribution < 1.29 is 9.18 Å². The molecule has 154 valence electrons. The Balaban J connectivity index is 1.74. The highest BCUT2D eigenvalue weighted by Gasteiger charge is 2.34. The van der Waals surface area contributed by atoms with Gasteiger partial charge in [-0.3, -0.25) is 9.69 Å². The number of benzene rings is 1. The molecule has 1 aromatic heterocycles. The third-order valence-electron chi connectivity index (χ3n) is 5.31. The van der Waals surface area contributed by atoms with E-state index in [1.165, 1.54) is 0 Å². The molecule has 0 N–H and O–H groups in total. The molecule has 0 saturated carbocycles. The molecule has 6 nitrogen and oxygen atoms in total. The number of likely N-dealkylation sites (N-methyl/N-ethyl adjacent to an activating group) is 1. The Morgan fingerprint density at radius 1 is 1.38 bits per heavy atom. The van der Waals surface area contributed by atoms with Gasteiger partial charge in [0.05, 0.1) is 22.8 Å². The molecular formula is C21H26FN5OS. The quantitative estimate of drug-likeness (QED) is 0.726. The zero-order valence-corrected chi connectivity index (χ0v) is 18.0. The van der Waals surface area contributed by atoms with Crippen LogP contribution in [0.1, 0.15) is 32.9 Å². The highest BCUT2D eigenvalue weighted by molar-refractivity contribution is 7.09. The topological polar surface area (TPSA) is 63.5 Å². The third kappa shape index (κ3) is 4.92. The second-order valence-corrected chi connectivity index (χ2v) is 8.68. The van der Waals surface area contributed by atoms with E-state index in [0.29, 0.717) is 37.2 Å². The summed E-state index contributed by atoms with van der Waals surface area (Å²) < 4.78 is 14.2. The van der Waals surface area contributed by atoms with Crippen LogP contribution in [-0.2, 0) is 6.54 Å². The summed E-state index contributed by atoms with van der Waals surface area (Å²) in [6.07, 6.45) is -0.476. The highest BCUT2D eigenvalue weighted by Crippen LogP contribution is 2.26. The first-order valence-electron chi connectivity index (χ1n) is 9.53. The van der Waals surface area contributed by atoms with Gasteiger partial charge in [0.15, 0.2) is 0 Å². The Morgan fingerprint density at radius 3 is 2.76 bits per heavy atom. The van der Waals surface area contributed by atoms with Crippen LogP contribution >= 0.6 is 11.3 Å². The number of nitrogens with zero attached hydrogens (tertiary/aromatic N) is 5. The number of hydrogen-bond donors (Lipinski definition) is 0. The number of amides is 1. The van der Waals surface area contributed by atoms with Crippen molar-refractivity contribution in [3.8, 4) is 6.07 Å². The van der Waals surface area contributed by atoms with Gasteiger partial charge in [-0.25, -0.2) is 9.37 Å². The molecular weight excluding hydrogens is 389 g/mol. The largest absolute Gasteiger partial charge is 0.378 e. The Morgan fingerprint density at radius 2 is 2.14 bits per heavy atom. The summed E-state index contributed by atoms with van der Waals surface area (Å²) in [5.41, 5.74) is 4.50. The molecule has 0 spiro atoms. The van der Waals surface area contributed by atoms with Crippen LogP contribution in [0.2, 0.25) is 0 Å². The van der Waals surface area contributed by atoms with E-state index in [1.807, 2.05) is 31.4 Å². The van der Waals surface area contributed by atoms with Crippen LogP contribution in [0.4, 0.5) is 10.1 Å². The third-order valence-corrected chi connectivity index (χ3v) is 6.23. The monoisotopic (exact) mass is 415 g/mol. The van der Waals surface area contributed by atoms with Crippen molar-refractivity contribution in [1.29, 1.82) is 5.26 Å². The lowest BCUT2D eigenvalue weighted by Gasteiger charge is -2.28. The average molecular weight is 416 g/mol. The second-order valence-electron chi connectivity index (χ2n) is 7.74. The molecule has 1 saturated heterocycles. The maximum Gasteiger partial charge on any atom is 0.253 e. The maximum atomic E-state index is 14.2. The molecule has 0 radical (unpaired) electrons. The van der Waals surface area contributed by atoms with E-state index in [-0.39, 0.29) is 11.9 Å². The van der Waals surface area contributed by atoms with E-state index in [2.05, 4.69) is 16.0 Å². The van der Waals surface area contributed by atoms with Crippen molar-refractivity contribution >= 4 is 22.9 Å². The Kier molecular flexibility index (Phi) is 6.50. The van der Waals surface area contributed by atoms with Crippen LogP contribution in [0.5, 0.6) is 0 Å². The zero-order chi connectivity index (χ0) is 21.1. The Hall–Kier alpha value is -2.50. The lowest BCUT2D eigenvalue weighted by Crippen LogP contribution is -2.41. The molecule has 2 heterocycles. The average Bonchev–Trinajstić information content (AvgIpc) is 3.25. The first kappa shape index (κ1) is 21.2. The minimum Gasteiger partial charge on any atom is -0.378 e. The summed E-state index contributed by atoms with van der Waals surface area (Å²) in [4.78, 5) is 24.0. The molecule has 1 aliphatic heterocycles. The van der Waals surface area contributed by atoms with Gasteiger partial charge in [-0.15, -0.1) is 11.3 Å². The standard InChI is InChI=1S/C21H26FN5OS/c1-14-20(29-13-24-14)12-27-10-17(22)8-19(27)11-26(4)21(28)16-5-15(9-23)6-18(7-16)25(2)3/h5-7,13,17,19H,8,10-12H2,1-4H3/t17-,19-/m0/s1. The van der Waals surface area contributed by atoms with Gasteiger partial charge in [-0.2, -0.15) is 5.26 Å². The van der Waals surface area contributed by atoms with Crippen molar-refractivity contribution in [2.45, 2.75) is 32.1 Å². The van der Waals surface area contributed by atoms with E-state index < -0.39 is 6.17 Å². The van der Waals surface area contributed by atoms with Gasteiger partial charge in [0.1, 0.15) is 6.17 Å². The fraction of sp³-hybridized carbons (Fsp3) is 0.476. The van der Waals surface area contributed by atoms with Crippen LogP contribution in [0.3, 0.4) is 0 Å². The predicted octanol–water partition coefficient (Wildman–Crippen LogP) is 3.07. The molecule has 3 rings (SSSR count). The number of thiazole rings is 1. The second kappa shape index (κ2) is 8.89. The highest BCUT2D eigenvalue weighted by atomic mass is 32.1. The summed E-state index contributed by atoms with van der Waals surface area (Å²) in [5.74, 6) is -0.165. The number of carbonyl (C=O) groups excluding carboxylic acids is 1. The molecule has 0 aliphatic carbocycles. The number of likely N-dealkylation sites (tertiary alicyclic amines) is 1. The Bertz CT molecular complexity index is 922. The normalized spacial score (nSPS) is 19.2. The lowest BCUT2D eigenvalue weighted by atomic mass is 10.1. The van der Waals surface area contributed by atoms with Gasteiger partial charge < -0.3 is 9.80 Å². The molecule has 2 atom stereocenters. The van der Waals surface area contributed by atoms with Crippen LogP contribution in [0, 0.1) is 18.3 Å². The molecule has 0 unspecified atom stereocenters. The first-order chi connectivity index (χ1) is 13.8. The number of anilines is 1. The fourth-order valence-electron chi connectivity index (χ4n) is 3.65. The fourth-order valence-corrected chi connectivity index (χ4v) is 4.45. The van der Waals surface area contributed by atoms with E-state index in [1.54, 1.807) is 41.5 Å². The van der Waals surface area contributed by atoms with Gasteiger partial charge in [0, 0.05) is 62.9 Å². The molecule has 1 fully saturated rings. The lowest BCUT2D eigenvalue weighted by molar-refractivity contribution is 0.0750. The maximum absolute atomic E-state index is 14.2. The van der Waals surface area contributed by atoms with E-state index in [0.717, 1.165) is 16.3 Å². The number of halogens is 1. The summed E-state index contributed by atoms with van der Waals surface area (Å²) in [6.45, 7) is 3.42. The van der Waals surface area contributed by atoms with Gasteiger partial charge in [-0.05, 0) is 31.5 Å². The number of aromatic nitrogens is 1. The van der Waals surface area contributed by atoms with Crippen LogP contribution in [0.15, 0.2) is 23.7 Å². The minimum absolute atomic E-state index is 0.0482. The van der Waals surface area contributed by atoms with E-state index >= 15 is 0 Å².